The molecule has 40 heteroatoms. The summed E-state index contributed by atoms with van der Waals surface area (Å²) in [5.74, 6) is -6.28. The van der Waals surface area contributed by atoms with Crippen LogP contribution in [0.4, 0.5) is 38.5 Å². The first-order valence-corrected chi connectivity index (χ1v) is 45.1. The monoisotopic (exact) mass is 2000 g/mol. The van der Waals surface area contributed by atoms with Gasteiger partial charge in [-0.3, -0.25) is 47.9 Å². The maximum Gasteiger partial charge on any atom is 0.261 e. The maximum atomic E-state index is 14.2. The average molecular weight is 2010 g/mol. The molecule has 2 fully saturated rings. The second-order valence-electron chi connectivity index (χ2n) is 31.4. The topological polar surface area (TPSA) is 431 Å². The van der Waals surface area contributed by atoms with Crippen LogP contribution in [-0.2, 0) is 62.0 Å². The number of hydrogen-bond acceptors (Lipinski definition) is 20. The number of benzene rings is 10. The van der Waals surface area contributed by atoms with Gasteiger partial charge in [-0.05, 0) is 195 Å². The summed E-state index contributed by atoms with van der Waals surface area (Å²) < 4.78 is 40.1. The van der Waals surface area contributed by atoms with E-state index in [1.165, 1.54) is 97.4 Å². The van der Waals surface area contributed by atoms with E-state index in [0.29, 0.717) is 22.3 Å². The number of amides is 5. The second kappa shape index (κ2) is 37.6. The van der Waals surface area contributed by atoms with Crippen LogP contribution < -0.4 is 36.6 Å². The van der Waals surface area contributed by atoms with Gasteiger partial charge in [-0.15, -0.1) is 0 Å². The van der Waals surface area contributed by atoms with Crippen molar-refractivity contribution in [2.45, 2.75) is 90.2 Å². The highest BCUT2D eigenvalue weighted by molar-refractivity contribution is 7.89. The van der Waals surface area contributed by atoms with Gasteiger partial charge in [-0.2, -0.15) is 10.2 Å². The van der Waals surface area contributed by atoms with Crippen molar-refractivity contribution in [3.05, 3.63) is 330 Å². The molecule has 0 radical (unpaired) electrons. The SMILES string of the molecule is NS(=O)(=O)c1ccc(C(=O)C[C@@]2(O)C(=O)Nc3c(Cl)ccc(Cl)c32)cc1.O=C(C[C@@]1(O)C(=O)Nc2c(Cl)ccc(Cl)c21)c1ccc(-n2cccn2)cc1.O=C(C[C@@]1(O)C(=O)Nc2c(Cl)ccc(Cl)c21)c1ccc(N2CCC2)cc1.O=C(C[C@]1(O)C(=O)Nc2c(Cl)ccc(Cl)c21)c1ccc(-n2cccn2)cc1.O=C(C[C@]1(O)C(=O)Nc2c(Cl)ccc(Cl)c21)c1ccc(C2CC2)c(F)c1. The van der Waals surface area contributed by atoms with Crippen molar-refractivity contribution in [3.63, 3.8) is 0 Å². The fourth-order valence-corrected chi connectivity index (χ4v) is 18.8. The molecule has 28 nitrogen and oxygen atoms in total. The molecule has 12 N–H and O–H groups in total. The van der Waals surface area contributed by atoms with E-state index in [-0.39, 0.29) is 134 Å². The van der Waals surface area contributed by atoms with Crippen LogP contribution in [0, 0.1) is 5.82 Å². The number of carbonyl (C=O) groups excluding carboxylic acids is 10. The maximum absolute atomic E-state index is 14.2. The van der Waals surface area contributed by atoms with E-state index in [1.807, 2.05) is 12.1 Å². The Bertz CT molecular complexity index is 6730. The Morgan fingerprint density at radius 2 is 0.621 bits per heavy atom. The van der Waals surface area contributed by atoms with Gasteiger partial charge in [-0.1, -0.05) is 140 Å². The van der Waals surface area contributed by atoms with E-state index in [9.17, 15) is 86.3 Å². The Balaban J connectivity index is 0.000000126. The number of carbonyl (C=O) groups is 10. The Morgan fingerprint density at radius 1 is 0.371 bits per heavy atom. The third-order valence-corrected chi connectivity index (χ3v) is 27.0. The summed E-state index contributed by atoms with van der Waals surface area (Å²) in [4.78, 5) is 127. The van der Waals surface area contributed by atoms with E-state index in [4.69, 9.17) is 121 Å². The second-order valence-corrected chi connectivity index (χ2v) is 37.1. The van der Waals surface area contributed by atoms with Crippen molar-refractivity contribution in [2.75, 3.05) is 44.6 Å². The third-order valence-electron chi connectivity index (χ3n) is 22.9. The molecule has 7 aliphatic rings. The fourth-order valence-electron chi connectivity index (χ4n) is 15.7. The van der Waals surface area contributed by atoms with Crippen molar-refractivity contribution in [3.8, 4) is 11.4 Å². The van der Waals surface area contributed by atoms with Gasteiger partial charge in [0.05, 0.1) is 102 Å². The van der Waals surface area contributed by atoms with Crippen molar-refractivity contribution in [1.29, 1.82) is 0 Å². The molecule has 132 heavy (non-hydrogen) atoms. The quantitative estimate of drug-likeness (QED) is 0.0316. The summed E-state index contributed by atoms with van der Waals surface area (Å²) >= 11 is 61.0. The number of aromatic nitrogens is 4. The zero-order valence-corrected chi connectivity index (χ0v) is 76.2. The van der Waals surface area contributed by atoms with Gasteiger partial charge in [-0.25, -0.2) is 27.3 Å². The number of anilines is 6. The van der Waals surface area contributed by atoms with Gasteiger partial charge in [0.15, 0.2) is 56.9 Å². The van der Waals surface area contributed by atoms with Crippen LogP contribution in [0.2, 0.25) is 50.2 Å². The van der Waals surface area contributed by atoms with Gasteiger partial charge in [0.25, 0.3) is 29.5 Å². The summed E-state index contributed by atoms with van der Waals surface area (Å²) in [6, 6.07) is 48.1. The molecule has 5 amide bonds. The Labute approximate surface area is 799 Å². The number of ketones is 5. The number of aliphatic hydroxyl groups is 5. The molecule has 12 aromatic rings. The number of rotatable bonds is 20. The highest BCUT2D eigenvalue weighted by atomic mass is 35.5. The lowest BCUT2D eigenvalue weighted by atomic mass is 9.87. The summed E-state index contributed by atoms with van der Waals surface area (Å²) in [6.45, 7) is 2.03. The summed E-state index contributed by atoms with van der Waals surface area (Å²) in [6.07, 6.45) is 7.46. The van der Waals surface area contributed by atoms with Gasteiger partial charge < -0.3 is 57.0 Å². The van der Waals surface area contributed by atoms with E-state index in [2.05, 4.69) is 41.7 Å². The number of sulfonamides is 1. The molecule has 6 aliphatic heterocycles. The minimum Gasteiger partial charge on any atom is -0.375 e. The number of nitrogens with one attached hydrogen (secondary N) is 5. The molecule has 0 spiro atoms. The van der Waals surface area contributed by atoms with Crippen LogP contribution in [0.1, 0.15) is 142 Å². The van der Waals surface area contributed by atoms with Crippen molar-refractivity contribution < 1.29 is 86.3 Å². The third kappa shape index (κ3) is 18.7. The van der Waals surface area contributed by atoms with Crippen molar-refractivity contribution in [2.24, 2.45) is 5.14 Å². The predicted molar refractivity (Wildman–Crippen MR) is 496 cm³/mol. The summed E-state index contributed by atoms with van der Waals surface area (Å²) in [7, 11) is -3.90. The zero-order chi connectivity index (χ0) is 94.8. The molecule has 1 saturated heterocycles. The fraction of sp³-hybridized carbons (Fsp3) is 0.174. The lowest BCUT2D eigenvalue weighted by molar-refractivity contribution is -0.133. The predicted octanol–water partition coefficient (Wildman–Crippen LogP) is 17.3. The first kappa shape index (κ1) is 95.3. The average Bonchev–Trinajstić information content (AvgIpc) is 1.61. The molecule has 1 saturated carbocycles. The number of Topliss-reactive ketones (excluding diaryl/α,β-unsaturated/α-hetero) is 5. The number of primary sulfonamides is 1. The van der Waals surface area contributed by atoms with Gasteiger partial charge >= 0.3 is 0 Å². The Kier molecular flexibility index (Phi) is 27.1. The van der Waals surface area contributed by atoms with Crippen LogP contribution in [0.3, 0.4) is 0 Å². The lowest BCUT2D eigenvalue weighted by Gasteiger charge is -2.33. The smallest absolute Gasteiger partial charge is 0.261 e. The number of hydrogen-bond donors (Lipinski definition) is 11. The van der Waals surface area contributed by atoms with Crippen molar-refractivity contribution >= 4 is 219 Å². The summed E-state index contributed by atoms with van der Waals surface area (Å²) in [5.41, 5.74) is -4.36. The highest BCUT2D eigenvalue weighted by Gasteiger charge is 2.54. The molecule has 8 heterocycles. The molecular weight excluding hydrogens is 1940 g/mol. The first-order chi connectivity index (χ1) is 62.5. The highest BCUT2D eigenvalue weighted by Crippen LogP contribution is 2.53. The number of nitrogens with two attached hydrogens (primary N) is 1. The molecule has 5 atom stereocenters. The van der Waals surface area contributed by atoms with Crippen LogP contribution in [0.5, 0.6) is 0 Å². The van der Waals surface area contributed by atoms with Crippen LogP contribution in [0.25, 0.3) is 11.4 Å². The first-order valence-electron chi connectivity index (χ1n) is 39.8. The van der Waals surface area contributed by atoms with E-state index < -0.39 is 129 Å². The van der Waals surface area contributed by atoms with Crippen LogP contribution >= 0.6 is 116 Å². The van der Waals surface area contributed by atoms with Crippen molar-refractivity contribution in [1.82, 2.24) is 19.6 Å². The molecule has 1 aliphatic carbocycles. The van der Waals surface area contributed by atoms with Crippen LogP contribution in [0.15, 0.2) is 218 Å². The summed E-state index contributed by atoms with van der Waals surface area (Å²) in [5, 5.41) is 82.2. The largest absolute Gasteiger partial charge is 0.375 e. The molecule has 0 bridgehead atoms. The minimum atomic E-state index is -3.90. The Hall–Kier alpha value is -11.3. The Morgan fingerprint density at radius 3 is 0.856 bits per heavy atom. The molecular formula is C92H68Cl10FN11O17S. The zero-order valence-electron chi connectivity index (χ0n) is 67.9. The van der Waals surface area contributed by atoms with E-state index >= 15 is 0 Å². The molecule has 2 aromatic heterocycles. The molecule has 19 rings (SSSR count). The normalized spacial score (nSPS) is 19.6. The van der Waals surface area contributed by atoms with E-state index in [1.54, 1.807) is 113 Å². The van der Waals surface area contributed by atoms with Gasteiger partial charge in [0.1, 0.15) is 5.82 Å². The van der Waals surface area contributed by atoms with Gasteiger partial charge in [0, 0.05) is 124 Å². The van der Waals surface area contributed by atoms with Crippen LogP contribution in [-0.4, -0.2) is 125 Å². The standard InChI is InChI=1S/C19H14Cl2FNO3.2C19H13Cl2N3O3.C19H16Cl2N2O3.C16H12Cl2N2O5S/c20-12-5-6-13(21)17-16(12)19(26,18(25)23-17)8-15(24)10-3-4-11(9-1-2-9)14(22)7-10;2*20-13-6-7-14(21)17-16(13)19(27,18(26)23-17)10-15(25)11-2-4-12(5-3-11)24-9-1-8-22-24;20-13-6-7-14(21)17-16(13)19(26,18(25)22-17)10-15(24)11-2-4-12(5-3-11)23-8-1-9-23;17-10-5-6-11(18)14-13(10)16(23,15(22)20-14)7-12(21)8-1-3-9(4-2-8)26(19,24)25/h3-7,9,26H,1-2,8H2,(H,23,25);2*1-9,27H,10H2,(H,23,26);2-7,26H,1,8-10H2,(H,22,25);1-6,23H,7H2,(H,20,22)(H2,19,24,25)/t4*19-;16-/m11000/s1. The molecule has 0 unspecified atom stereocenters. The number of halogens is 11. The number of nitrogens with zero attached hydrogens (tertiary/aromatic N) is 5. The molecule has 676 valence electrons. The number of fused-ring (bicyclic) bond motifs is 5. The minimum absolute atomic E-state index is 0.0335. The van der Waals surface area contributed by atoms with Gasteiger partial charge in [0.2, 0.25) is 10.0 Å². The van der Waals surface area contributed by atoms with E-state index in [0.717, 1.165) is 49.1 Å². The lowest BCUT2D eigenvalue weighted by Crippen LogP contribution is -2.37. The molecule has 10 aromatic carbocycles.